The molecular weight excluding hydrogens is 302 g/mol. The zero-order chi connectivity index (χ0) is 16.4. The second-order valence-electron chi connectivity index (χ2n) is 6.59. The fraction of sp³-hybridized carbons (Fsp3) is 0.588. The molecule has 2 aliphatic carbocycles. The lowest BCUT2D eigenvalue weighted by Gasteiger charge is -2.43. The van der Waals surface area contributed by atoms with Crippen molar-refractivity contribution >= 4 is 11.6 Å². The number of amides is 1. The minimum Gasteiger partial charge on any atom is -0.435 e. The van der Waals surface area contributed by atoms with Crippen molar-refractivity contribution < 1.29 is 18.3 Å². The molecule has 0 spiro atoms. The topological polar surface area (TPSA) is 64.4 Å². The van der Waals surface area contributed by atoms with Crippen LogP contribution in [0.4, 0.5) is 14.5 Å². The zero-order valence-corrected chi connectivity index (χ0v) is 12.9. The van der Waals surface area contributed by atoms with Gasteiger partial charge in [0, 0.05) is 23.7 Å². The average molecular weight is 324 g/mol. The molecule has 2 bridgehead atoms. The molecule has 4 nitrogen and oxygen atoms in total. The van der Waals surface area contributed by atoms with Gasteiger partial charge in [0.05, 0.1) is 0 Å². The highest BCUT2D eigenvalue weighted by Gasteiger charge is 2.40. The zero-order valence-electron chi connectivity index (χ0n) is 12.9. The molecule has 23 heavy (non-hydrogen) atoms. The van der Waals surface area contributed by atoms with Crippen LogP contribution in [-0.4, -0.2) is 18.6 Å². The van der Waals surface area contributed by atoms with Crippen LogP contribution in [0.3, 0.4) is 0 Å². The molecule has 126 valence electrons. The number of carbonyl (C=O) groups excluding carboxylic acids is 1. The molecule has 0 aliphatic heterocycles. The number of hydrogen-bond acceptors (Lipinski definition) is 3. The molecule has 2 saturated carbocycles. The van der Waals surface area contributed by atoms with E-state index < -0.39 is 6.61 Å². The van der Waals surface area contributed by atoms with Crippen molar-refractivity contribution in [1.29, 1.82) is 0 Å². The number of nitrogens with one attached hydrogen (secondary N) is 1. The first-order chi connectivity index (χ1) is 11.0. The van der Waals surface area contributed by atoms with Gasteiger partial charge in [0.25, 0.3) is 0 Å². The third kappa shape index (κ3) is 3.80. The van der Waals surface area contributed by atoms with Crippen LogP contribution in [0, 0.1) is 17.8 Å². The first kappa shape index (κ1) is 16.2. The molecule has 1 aromatic rings. The Bertz CT molecular complexity index is 553. The van der Waals surface area contributed by atoms with Crippen LogP contribution in [0.5, 0.6) is 5.75 Å². The highest BCUT2D eigenvalue weighted by Crippen LogP contribution is 2.42. The van der Waals surface area contributed by atoms with Crippen molar-refractivity contribution in [3.05, 3.63) is 24.3 Å². The standard InChI is InChI=1S/C17H22F2N2O2/c18-17(19)23-14-6-2-5-13(9-14)21-16(22)12-7-10-3-1-4-11(8-12)15(10)20/h2,5-6,9-12,15,17H,1,3-4,7-8,20H2,(H,21,22). The van der Waals surface area contributed by atoms with Crippen molar-refractivity contribution in [2.45, 2.75) is 44.8 Å². The van der Waals surface area contributed by atoms with Gasteiger partial charge < -0.3 is 15.8 Å². The molecule has 1 amide bonds. The summed E-state index contributed by atoms with van der Waals surface area (Å²) in [5.74, 6) is 0.784. The maximum atomic E-state index is 12.5. The van der Waals surface area contributed by atoms with E-state index in [1.54, 1.807) is 12.1 Å². The molecule has 1 aromatic carbocycles. The summed E-state index contributed by atoms with van der Waals surface area (Å²) < 4.78 is 28.9. The Morgan fingerprint density at radius 2 is 1.96 bits per heavy atom. The Morgan fingerprint density at radius 3 is 2.61 bits per heavy atom. The summed E-state index contributed by atoms with van der Waals surface area (Å²) in [4.78, 5) is 12.5. The van der Waals surface area contributed by atoms with E-state index in [9.17, 15) is 13.6 Å². The van der Waals surface area contributed by atoms with Gasteiger partial charge in [-0.05, 0) is 49.7 Å². The maximum absolute atomic E-state index is 12.5. The number of anilines is 1. The number of hydrogen-bond donors (Lipinski definition) is 2. The normalized spacial score (nSPS) is 30.1. The minimum absolute atomic E-state index is 0.0420. The summed E-state index contributed by atoms with van der Waals surface area (Å²) in [6, 6.07) is 6.33. The minimum atomic E-state index is -2.87. The first-order valence-corrected chi connectivity index (χ1v) is 8.14. The van der Waals surface area contributed by atoms with Crippen molar-refractivity contribution in [2.24, 2.45) is 23.5 Å². The predicted molar refractivity (Wildman–Crippen MR) is 83.2 cm³/mol. The van der Waals surface area contributed by atoms with Gasteiger partial charge in [-0.3, -0.25) is 4.79 Å². The molecule has 0 saturated heterocycles. The number of halogens is 2. The second kappa shape index (κ2) is 6.83. The Balaban J connectivity index is 1.63. The quantitative estimate of drug-likeness (QED) is 0.892. The fourth-order valence-corrected chi connectivity index (χ4v) is 4.00. The Morgan fingerprint density at radius 1 is 1.26 bits per heavy atom. The monoisotopic (exact) mass is 324 g/mol. The smallest absolute Gasteiger partial charge is 0.387 e. The van der Waals surface area contributed by atoms with Gasteiger partial charge in [-0.15, -0.1) is 0 Å². The van der Waals surface area contributed by atoms with Crippen LogP contribution in [0.1, 0.15) is 32.1 Å². The van der Waals surface area contributed by atoms with E-state index in [2.05, 4.69) is 10.1 Å². The van der Waals surface area contributed by atoms with E-state index in [0.717, 1.165) is 25.7 Å². The highest BCUT2D eigenvalue weighted by atomic mass is 19.3. The fourth-order valence-electron chi connectivity index (χ4n) is 4.00. The molecule has 0 radical (unpaired) electrons. The van der Waals surface area contributed by atoms with Gasteiger partial charge in [0.2, 0.25) is 5.91 Å². The molecule has 3 N–H and O–H groups in total. The van der Waals surface area contributed by atoms with E-state index in [1.807, 2.05) is 0 Å². The van der Waals surface area contributed by atoms with Crippen LogP contribution in [0.15, 0.2) is 24.3 Å². The molecule has 3 rings (SSSR count). The third-order valence-electron chi connectivity index (χ3n) is 5.11. The average Bonchev–Trinajstić information content (AvgIpc) is 2.46. The summed E-state index contributed by atoms with van der Waals surface area (Å²) in [5, 5.41) is 2.82. The number of benzene rings is 1. The van der Waals surface area contributed by atoms with Gasteiger partial charge in [0.1, 0.15) is 5.75 Å². The van der Waals surface area contributed by atoms with Crippen LogP contribution >= 0.6 is 0 Å². The number of ether oxygens (including phenoxy) is 1. The predicted octanol–water partition coefficient (Wildman–Crippen LogP) is 3.38. The molecule has 2 aliphatic rings. The SMILES string of the molecule is NC1C2CCCC1CC(C(=O)Nc1cccc(OC(F)F)c1)C2. The van der Waals surface area contributed by atoms with E-state index >= 15 is 0 Å². The van der Waals surface area contributed by atoms with E-state index in [0.29, 0.717) is 17.5 Å². The highest BCUT2D eigenvalue weighted by molar-refractivity contribution is 5.92. The maximum Gasteiger partial charge on any atom is 0.387 e. The van der Waals surface area contributed by atoms with Crippen molar-refractivity contribution in [3.8, 4) is 5.75 Å². The van der Waals surface area contributed by atoms with E-state index in [1.165, 1.54) is 18.6 Å². The van der Waals surface area contributed by atoms with Gasteiger partial charge >= 0.3 is 6.61 Å². The summed E-state index contributed by atoms with van der Waals surface area (Å²) in [6.07, 6.45) is 5.02. The molecular formula is C17H22F2N2O2. The van der Waals surface area contributed by atoms with Crippen LogP contribution < -0.4 is 15.8 Å². The molecule has 2 atom stereocenters. The number of fused-ring (bicyclic) bond motifs is 2. The molecule has 2 unspecified atom stereocenters. The largest absolute Gasteiger partial charge is 0.435 e. The van der Waals surface area contributed by atoms with Crippen LogP contribution in [-0.2, 0) is 4.79 Å². The first-order valence-electron chi connectivity index (χ1n) is 8.14. The number of nitrogens with two attached hydrogens (primary N) is 1. The summed E-state index contributed by atoms with van der Waals surface area (Å²) >= 11 is 0. The van der Waals surface area contributed by atoms with Crippen molar-refractivity contribution in [1.82, 2.24) is 0 Å². The Hall–Kier alpha value is -1.69. The summed E-state index contributed by atoms with van der Waals surface area (Å²) in [5.41, 5.74) is 6.73. The second-order valence-corrected chi connectivity index (χ2v) is 6.59. The lowest BCUT2D eigenvalue weighted by molar-refractivity contribution is -0.122. The molecule has 0 aromatic heterocycles. The van der Waals surface area contributed by atoms with E-state index in [-0.39, 0.29) is 23.6 Å². The Labute approximate surface area is 134 Å². The summed E-state index contributed by atoms with van der Waals surface area (Å²) in [7, 11) is 0. The van der Waals surface area contributed by atoms with Crippen LogP contribution in [0.2, 0.25) is 0 Å². The molecule has 2 fully saturated rings. The molecule has 0 heterocycles. The lowest BCUT2D eigenvalue weighted by atomic mass is 9.65. The number of alkyl halides is 2. The van der Waals surface area contributed by atoms with Gasteiger partial charge in [0.15, 0.2) is 0 Å². The van der Waals surface area contributed by atoms with Crippen molar-refractivity contribution in [3.63, 3.8) is 0 Å². The Kier molecular flexibility index (Phi) is 4.80. The van der Waals surface area contributed by atoms with Crippen LogP contribution in [0.25, 0.3) is 0 Å². The molecule has 6 heteroatoms. The van der Waals surface area contributed by atoms with Gasteiger partial charge in [-0.25, -0.2) is 0 Å². The van der Waals surface area contributed by atoms with Crippen molar-refractivity contribution in [2.75, 3.05) is 5.32 Å². The van der Waals surface area contributed by atoms with E-state index in [4.69, 9.17) is 5.73 Å². The van der Waals surface area contributed by atoms with Gasteiger partial charge in [-0.2, -0.15) is 8.78 Å². The number of carbonyl (C=O) groups is 1. The van der Waals surface area contributed by atoms with Gasteiger partial charge in [-0.1, -0.05) is 12.5 Å². The lowest BCUT2D eigenvalue weighted by Crippen LogP contribution is -2.48. The summed E-state index contributed by atoms with van der Waals surface area (Å²) in [6.45, 7) is -2.87. The number of rotatable bonds is 4. The third-order valence-corrected chi connectivity index (χ3v) is 5.11.